The normalized spacial score (nSPS) is 28.5. The van der Waals surface area contributed by atoms with Gasteiger partial charge in [0.1, 0.15) is 6.61 Å². The molecule has 1 saturated heterocycles. The van der Waals surface area contributed by atoms with Crippen molar-refractivity contribution < 1.29 is 14.3 Å². The van der Waals surface area contributed by atoms with Gasteiger partial charge in [0, 0.05) is 12.6 Å². The van der Waals surface area contributed by atoms with Gasteiger partial charge in [0.2, 0.25) is 6.10 Å². The van der Waals surface area contributed by atoms with Gasteiger partial charge in [-0.3, -0.25) is 4.79 Å². The number of nitrogens with two attached hydrogens (primary N) is 1. The third-order valence-electron chi connectivity index (χ3n) is 4.06. The molecule has 0 radical (unpaired) electrons. The Labute approximate surface area is 118 Å². The van der Waals surface area contributed by atoms with E-state index in [1.165, 1.54) is 0 Å². The molecule has 5 heteroatoms. The highest BCUT2D eigenvalue weighted by Crippen LogP contribution is 2.32. The van der Waals surface area contributed by atoms with Gasteiger partial charge in [0.05, 0.1) is 0 Å². The van der Waals surface area contributed by atoms with Crippen LogP contribution in [-0.4, -0.2) is 42.6 Å². The van der Waals surface area contributed by atoms with Crippen LogP contribution < -0.4 is 15.2 Å². The van der Waals surface area contributed by atoms with Gasteiger partial charge >= 0.3 is 0 Å². The average molecular weight is 276 g/mol. The molecule has 108 valence electrons. The first-order valence-electron chi connectivity index (χ1n) is 7.08. The molecule has 2 N–H and O–H groups in total. The molecular formula is C15H20N2O3. The number of amides is 1. The number of hydrogen-bond donors (Lipinski definition) is 1. The average Bonchev–Trinajstić information content (AvgIpc) is 2.87. The number of fused-ring (bicyclic) bond motifs is 1. The largest absolute Gasteiger partial charge is 0.485 e. The molecule has 3 unspecified atom stereocenters. The smallest absolute Gasteiger partial charge is 0.267 e. The zero-order valence-electron chi connectivity index (χ0n) is 11.6. The first kappa shape index (κ1) is 13.2. The third kappa shape index (κ3) is 2.33. The number of likely N-dealkylation sites (tertiary alicyclic amines) is 1. The maximum absolute atomic E-state index is 12.6. The van der Waals surface area contributed by atoms with Crippen molar-refractivity contribution in [3.05, 3.63) is 24.3 Å². The Kier molecular flexibility index (Phi) is 3.53. The molecule has 0 aromatic heterocycles. The maximum Gasteiger partial charge on any atom is 0.267 e. The topological polar surface area (TPSA) is 64.8 Å². The van der Waals surface area contributed by atoms with E-state index >= 15 is 0 Å². The van der Waals surface area contributed by atoms with E-state index in [9.17, 15) is 4.79 Å². The van der Waals surface area contributed by atoms with E-state index < -0.39 is 6.10 Å². The Morgan fingerprint density at radius 2 is 2.15 bits per heavy atom. The Balaban J connectivity index is 1.70. The Hall–Kier alpha value is -1.75. The molecule has 2 heterocycles. The molecule has 0 aliphatic carbocycles. The Bertz CT molecular complexity index is 506. The van der Waals surface area contributed by atoms with Crippen LogP contribution in [0.5, 0.6) is 11.5 Å². The van der Waals surface area contributed by atoms with Crippen molar-refractivity contribution >= 4 is 5.91 Å². The molecule has 0 saturated carbocycles. The molecule has 1 aromatic carbocycles. The van der Waals surface area contributed by atoms with Crippen molar-refractivity contribution in [3.8, 4) is 11.5 Å². The lowest BCUT2D eigenvalue weighted by Gasteiger charge is -2.30. The molecule has 3 rings (SSSR count). The van der Waals surface area contributed by atoms with E-state index in [2.05, 4.69) is 6.92 Å². The van der Waals surface area contributed by atoms with Crippen LogP contribution in [0.3, 0.4) is 0 Å². The van der Waals surface area contributed by atoms with Crippen LogP contribution in [0, 0.1) is 5.92 Å². The van der Waals surface area contributed by atoms with Gasteiger partial charge in [-0.15, -0.1) is 0 Å². The lowest BCUT2D eigenvalue weighted by atomic mass is 10.1. The van der Waals surface area contributed by atoms with Gasteiger partial charge < -0.3 is 20.1 Å². The molecule has 20 heavy (non-hydrogen) atoms. The summed E-state index contributed by atoms with van der Waals surface area (Å²) in [4.78, 5) is 14.4. The zero-order chi connectivity index (χ0) is 14.1. The van der Waals surface area contributed by atoms with Crippen LogP contribution in [0.2, 0.25) is 0 Å². The van der Waals surface area contributed by atoms with Crippen molar-refractivity contribution in [2.24, 2.45) is 11.7 Å². The van der Waals surface area contributed by atoms with Crippen LogP contribution in [0.15, 0.2) is 24.3 Å². The summed E-state index contributed by atoms with van der Waals surface area (Å²) in [7, 11) is 0. The fourth-order valence-corrected chi connectivity index (χ4v) is 2.95. The maximum atomic E-state index is 12.6. The number of rotatable bonds is 2. The van der Waals surface area contributed by atoms with Gasteiger partial charge in [-0.05, 0) is 37.9 Å². The van der Waals surface area contributed by atoms with Gasteiger partial charge in [0.15, 0.2) is 11.5 Å². The molecule has 1 amide bonds. The minimum atomic E-state index is -0.552. The summed E-state index contributed by atoms with van der Waals surface area (Å²) < 4.78 is 11.4. The summed E-state index contributed by atoms with van der Waals surface area (Å²) in [6.07, 6.45) is 0.413. The van der Waals surface area contributed by atoms with E-state index in [0.717, 1.165) is 13.0 Å². The highest BCUT2D eigenvalue weighted by molar-refractivity contribution is 5.82. The lowest BCUT2D eigenvalue weighted by molar-refractivity contribution is -0.141. The standard InChI is InChI=1S/C15H20N2O3/c1-10-6-11(7-16)8-17(10)15(18)14-9-19-12-4-2-3-5-13(12)20-14/h2-5,10-11,14H,6-9,16H2,1H3. The summed E-state index contributed by atoms with van der Waals surface area (Å²) in [6.45, 7) is 3.68. The van der Waals surface area contributed by atoms with Gasteiger partial charge in [0.25, 0.3) is 5.91 Å². The second-order valence-corrected chi connectivity index (χ2v) is 5.54. The number of carbonyl (C=O) groups excluding carboxylic acids is 1. The predicted octanol–water partition coefficient (Wildman–Crippen LogP) is 1.02. The molecule has 2 aliphatic heterocycles. The molecular weight excluding hydrogens is 256 g/mol. The van der Waals surface area contributed by atoms with Crippen molar-refractivity contribution in [1.29, 1.82) is 0 Å². The summed E-state index contributed by atoms with van der Waals surface area (Å²) in [5.74, 6) is 1.74. The number of hydrogen-bond acceptors (Lipinski definition) is 4. The highest BCUT2D eigenvalue weighted by atomic mass is 16.6. The van der Waals surface area contributed by atoms with Gasteiger partial charge in [-0.25, -0.2) is 0 Å². The monoisotopic (exact) mass is 276 g/mol. The van der Waals surface area contributed by atoms with E-state index in [0.29, 0.717) is 24.0 Å². The summed E-state index contributed by atoms with van der Waals surface area (Å²) >= 11 is 0. The van der Waals surface area contributed by atoms with E-state index in [4.69, 9.17) is 15.2 Å². The first-order valence-corrected chi connectivity index (χ1v) is 7.08. The van der Waals surface area contributed by atoms with E-state index in [-0.39, 0.29) is 18.6 Å². The highest BCUT2D eigenvalue weighted by Gasteiger charge is 2.37. The van der Waals surface area contributed by atoms with E-state index in [1.54, 1.807) is 0 Å². The minimum Gasteiger partial charge on any atom is -0.485 e. The van der Waals surface area contributed by atoms with Crippen molar-refractivity contribution in [2.45, 2.75) is 25.5 Å². The number of carbonyl (C=O) groups is 1. The summed E-state index contributed by atoms with van der Waals surface area (Å²) in [5, 5.41) is 0. The molecule has 1 aromatic rings. The van der Waals surface area contributed by atoms with Crippen LogP contribution >= 0.6 is 0 Å². The minimum absolute atomic E-state index is 0.00273. The first-order chi connectivity index (χ1) is 9.69. The molecule has 1 fully saturated rings. The zero-order valence-corrected chi connectivity index (χ0v) is 11.6. The predicted molar refractivity (Wildman–Crippen MR) is 74.7 cm³/mol. The molecule has 3 atom stereocenters. The molecule has 5 nitrogen and oxygen atoms in total. The van der Waals surface area contributed by atoms with Gasteiger partial charge in [-0.1, -0.05) is 12.1 Å². The van der Waals surface area contributed by atoms with Crippen LogP contribution in [0.25, 0.3) is 0 Å². The van der Waals surface area contributed by atoms with E-state index in [1.807, 2.05) is 29.2 Å². The van der Waals surface area contributed by atoms with Crippen molar-refractivity contribution in [1.82, 2.24) is 4.90 Å². The quantitative estimate of drug-likeness (QED) is 0.876. The number of para-hydroxylation sites is 2. The van der Waals surface area contributed by atoms with Crippen molar-refractivity contribution in [2.75, 3.05) is 19.7 Å². The molecule has 0 spiro atoms. The van der Waals surface area contributed by atoms with Crippen LogP contribution in [0.4, 0.5) is 0 Å². The fraction of sp³-hybridized carbons (Fsp3) is 0.533. The molecule has 2 aliphatic rings. The third-order valence-corrected chi connectivity index (χ3v) is 4.06. The molecule has 0 bridgehead atoms. The number of nitrogens with zero attached hydrogens (tertiary/aromatic N) is 1. The van der Waals surface area contributed by atoms with Gasteiger partial charge in [-0.2, -0.15) is 0 Å². The van der Waals surface area contributed by atoms with Crippen molar-refractivity contribution in [3.63, 3.8) is 0 Å². The second-order valence-electron chi connectivity index (χ2n) is 5.54. The Morgan fingerprint density at radius 1 is 1.40 bits per heavy atom. The number of ether oxygens (including phenoxy) is 2. The van der Waals surface area contributed by atoms with Crippen LogP contribution in [0.1, 0.15) is 13.3 Å². The summed E-state index contributed by atoms with van der Waals surface area (Å²) in [6, 6.07) is 7.65. The number of benzene rings is 1. The summed E-state index contributed by atoms with van der Waals surface area (Å²) in [5.41, 5.74) is 5.71. The fourth-order valence-electron chi connectivity index (χ4n) is 2.95. The SMILES string of the molecule is CC1CC(CN)CN1C(=O)C1COc2ccccc2O1. The Morgan fingerprint density at radius 3 is 2.85 bits per heavy atom. The van der Waals surface area contributed by atoms with Crippen LogP contribution in [-0.2, 0) is 4.79 Å². The second kappa shape index (κ2) is 5.32. The lowest BCUT2D eigenvalue weighted by Crippen LogP contribution is -2.47.